The summed E-state index contributed by atoms with van der Waals surface area (Å²) in [6.45, 7) is 5.94. The Labute approximate surface area is 166 Å². The lowest BCUT2D eigenvalue weighted by Crippen LogP contribution is -2.49. The maximum atomic E-state index is 13.3. The lowest BCUT2D eigenvalue weighted by atomic mass is 9.71. The van der Waals surface area contributed by atoms with E-state index in [0.717, 1.165) is 5.56 Å². The highest BCUT2D eigenvalue weighted by atomic mass is 32.2. The van der Waals surface area contributed by atoms with Crippen LogP contribution in [0.3, 0.4) is 0 Å². The van der Waals surface area contributed by atoms with Crippen LogP contribution in [0.15, 0.2) is 29.2 Å². The van der Waals surface area contributed by atoms with Crippen molar-refractivity contribution < 1.29 is 22.7 Å². The number of amides is 1. The first kappa shape index (κ1) is 19.8. The number of aryl methyl sites for hydroxylation is 1. The molecule has 0 aliphatic carbocycles. The number of hydrogen-bond donors (Lipinski definition) is 0. The topological polar surface area (TPSA) is 76.2 Å². The predicted octanol–water partition coefficient (Wildman–Crippen LogP) is 1.27. The molecule has 7 nitrogen and oxygen atoms in total. The summed E-state index contributed by atoms with van der Waals surface area (Å²) in [6.07, 6.45) is 1.43. The van der Waals surface area contributed by atoms with Gasteiger partial charge in [0, 0.05) is 44.8 Å². The van der Waals surface area contributed by atoms with Gasteiger partial charge in [0.1, 0.15) is 0 Å². The zero-order valence-corrected chi connectivity index (χ0v) is 17.1. The molecule has 8 heteroatoms. The predicted molar refractivity (Wildman–Crippen MR) is 103 cm³/mol. The number of ether oxygens (including phenoxy) is 2. The number of sulfonamides is 1. The molecular weight excluding hydrogens is 380 g/mol. The van der Waals surface area contributed by atoms with Crippen LogP contribution in [0.2, 0.25) is 0 Å². The molecule has 0 radical (unpaired) electrons. The molecular formula is C20H28N2O5S. The van der Waals surface area contributed by atoms with Crippen molar-refractivity contribution in [3.8, 4) is 0 Å². The van der Waals surface area contributed by atoms with E-state index in [1.54, 1.807) is 12.1 Å². The van der Waals surface area contributed by atoms with Gasteiger partial charge in [0.2, 0.25) is 15.9 Å². The molecule has 3 heterocycles. The van der Waals surface area contributed by atoms with Crippen molar-refractivity contribution in [2.45, 2.75) is 24.7 Å². The van der Waals surface area contributed by atoms with Crippen LogP contribution in [0.25, 0.3) is 0 Å². The number of nitrogens with zero attached hydrogens (tertiary/aromatic N) is 2. The van der Waals surface area contributed by atoms with Gasteiger partial charge in [0.15, 0.2) is 0 Å². The van der Waals surface area contributed by atoms with Gasteiger partial charge in [-0.3, -0.25) is 4.79 Å². The molecule has 1 aromatic rings. The first-order valence-electron chi connectivity index (χ1n) is 9.94. The average molecular weight is 409 g/mol. The molecule has 0 N–H and O–H groups in total. The molecule has 1 spiro atoms. The van der Waals surface area contributed by atoms with E-state index in [1.807, 2.05) is 24.0 Å². The minimum absolute atomic E-state index is 0.0619. The van der Waals surface area contributed by atoms with Gasteiger partial charge in [0.25, 0.3) is 0 Å². The number of morpholine rings is 1. The highest BCUT2D eigenvalue weighted by molar-refractivity contribution is 7.89. The van der Waals surface area contributed by atoms with Gasteiger partial charge in [-0.05, 0) is 31.9 Å². The molecule has 3 aliphatic rings. The summed E-state index contributed by atoms with van der Waals surface area (Å²) in [6, 6.07) is 6.92. The van der Waals surface area contributed by atoms with E-state index in [4.69, 9.17) is 9.47 Å². The fourth-order valence-electron chi connectivity index (χ4n) is 4.59. The van der Waals surface area contributed by atoms with Crippen molar-refractivity contribution in [1.29, 1.82) is 0 Å². The van der Waals surface area contributed by atoms with Crippen LogP contribution in [0.4, 0.5) is 0 Å². The largest absolute Gasteiger partial charge is 0.381 e. The smallest absolute Gasteiger partial charge is 0.243 e. The highest BCUT2D eigenvalue weighted by Crippen LogP contribution is 2.46. The second kappa shape index (κ2) is 7.74. The molecule has 3 fully saturated rings. The summed E-state index contributed by atoms with van der Waals surface area (Å²) in [7, 11) is -3.63. The van der Waals surface area contributed by atoms with Gasteiger partial charge in [-0.1, -0.05) is 17.7 Å². The van der Waals surface area contributed by atoms with Gasteiger partial charge in [-0.15, -0.1) is 0 Å². The van der Waals surface area contributed by atoms with E-state index >= 15 is 0 Å². The van der Waals surface area contributed by atoms with E-state index in [-0.39, 0.29) is 23.8 Å². The Bertz CT molecular complexity index is 812. The molecule has 0 aromatic heterocycles. The molecule has 1 aromatic carbocycles. The zero-order chi connectivity index (χ0) is 19.8. The average Bonchev–Trinajstić information content (AvgIpc) is 3.08. The standard InChI is InChI=1S/C20H28N2O5S/c1-16-2-4-17(5-3-16)28(24,25)22-14-18(19(23)21-8-12-27-13-9-21)20(15-22)6-10-26-11-7-20/h2-5,18H,6-15H2,1H3/t18-/m0/s1. The van der Waals surface area contributed by atoms with Gasteiger partial charge >= 0.3 is 0 Å². The molecule has 0 unspecified atom stereocenters. The van der Waals surface area contributed by atoms with Crippen molar-refractivity contribution >= 4 is 15.9 Å². The van der Waals surface area contributed by atoms with Crippen molar-refractivity contribution in [3.63, 3.8) is 0 Å². The van der Waals surface area contributed by atoms with Crippen LogP contribution in [-0.2, 0) is 24.3 Å². The van der Waals surface area contributed by atoms with Crippen molar-refractivity contribution in [2.75, 3.05) is 52.6 Å². The molecule has 154 valence electrons. The minimum atomic E-state index is -3.63. The quantitative estimate of drug-likeness (QED) is 0.753. The third-order valence-corrected chi connectivity index (χ3v) is 8.21. The van der Waals surface area contributed by atoms with Crippen LogP contribution >= 0.6 is 0 Å². The number of carbonyl (C=O) groups excluding carboxylic acids is 1. The van der Waals surface area contributed by atoms with E-state index in [2.05, 4.69) is 0 Å². The number of carbonyl (C=O) groups is 1. The van der Waals surface area contributed by atoms with E-state index in [0.29, 0.717) is 63.8 Å². The third kappa shape index (κ3) is 3.58. The van der Waals surface area contributed by atoms with E-state index < -0.39 is 10.0 Å². The number of hydrogen-bond acceptors (Lipinski definition) is 5. The Hall–Kier alpha value is -1.48. The Kier molecular flexibility index (Phi) is 5.48. The van der Waals surface area contributed by atoms with Gasteiger partial charge in [-0.2, -0.15) is 4.31 Å². The Morgan fingerprint density at radius 1 is 1.04 bits per heavy atom. The third-order valence-electron chi connectivity index (χ3n) is 6.38. The van der Waals surface area contributed by atoms with E-state index in [1.165, 1.54) is 4.31 Å². The molecule has 0 bridgehead atoms. The SMILES string of the molecule is Cc1ccc(S(=O)(=O)N2C[C@@H](C(=O)N3CCOCC3)C3(CCOCC3)C2)cc1. The maximum Gasteiger partial charge on any atom is 0.243 e. The van der Waals surface area contributed by atoms with Gasteiger partial charge in [0.05, 0.1) is 24.0 Å². The lowest BCUT2D eigenvalue weighted by molar-refractivity contribution is -0.144. The summed E-state index contributed by atoms with van der Waals surface area (Å²) in [5.74, 6) is -0.262. The summed E-state index contributed by atoms with van der Waals surface area (Å²) < 4.78 is 39.0. The van der Waals surface area contributed by atoms with Crippen molar-refractivity contribution in [1.82, 2.24) is 9.21 Å². The fraction of sp³-hybridized carbons (Fsp3) is 0.650. The monoisotopic (exact) mass is 408 g/mol. The Balaban J connectivity index is 1.62. The molecule has 28 heavy (non-hydrogen) atoms. The van der Waals surface area contributed by atoms with Crippen LogP contribution in [0, 0.1) is 18.3 Å². The van der Waals surface area contributed by atoms with Gasteiger partial charge < -0.3 is 14.4 Å². The van der Waals surface area contributed by atoms with Crippen molar-refractivity contribution in [2.24, 2.45) is 11.3 Å². The Morgan fingerprint density at radius 3 is 2.29 bits per heavy atom. The lowest BCUT2D eigenvalue weighted by Gasteiger charge is -2.39. The molecule has 4 rings (SSSR count). The van der Waals surface area contributed by atoms with E-state index in [9.17, 15) is 13.2 Å². The van der Waals surface area contributed by atoms with Crippen LogP contribution in [-0.4, -0.2) is 76.1 Å². The maximum absolute atomic E-state index is 13.3. The molecule has 3 aliphatic heterocycles. The van der Waals surface area contributed by atoms with Crippen LogP contribution < -0.4 is 0 Å². The first-order chi connectivity index (χ1) is 13.4. The zero-order valence-electron chi connectivity index (χ0n) is 16.3. The molecule has 1 amide bonds. The highest BCUT2D eigenvalue weighted by Gasteiger charge is 2.54. The minimum Gasteiger partial charge on any atom is -0.381 e. The number of benzene rings is 1. The van der Waals surface area contributed by atoms with Gasteiger partial charge in [-0.25, -0.2) is 8.42 Å². The number of rotatable bonds is 3. The molecule has 0 saturated carbocycles. The summed E-state index contributed by atoms with van der Waals surface area (Å²) in [5, 5.41) is 0. The summed E-state index contributed by atoms with van der Waals surface area (Å²) in [5.41, 5.74) is 0.674. The van der Waals surface area contributed by atoms with Crippen LogP contribution in [0.5, 0.6) is 0 Å². The second-order valence-corrected chi connectivity index (χ2v) is 10.0. The summed E-state index contributed by atoms with van der Waals surface area (Å²) >= 11 is 0. The van der Waals surface area contributed by atoms with Crippen LogP contribution in [0.1, 0.15) is 18.4 Å². The molecule has 1 atom stereocenters. The Morgan fingerprint density at radius 2 is 1.64 bits per heavy atom. The first-order valence-corrected chi connectivity index (χ1v) is 11.4. The fourth-order valence-corrected chi connectivity index (χ4v) is 6.14. The van der Waals surface area contributed by atoms with Crippen molar-refractivity contribution in [3.05, 3.63) is 29.8 Å². The normalized spacial score (nSPS) is 25.9. The second-order valence-electron chi connectivity index (χ2n) is 8.08. The summed E-state index contributed by atoms with van der Waals surface area (Å²) in [4.78, 5) is 15.5. The molecule has 3 saturated heterocycles.